The molecule has 0 aliphatic rings. The summed E-state index contributed by atoms with van der Waals surface area (Å²) in [6.07, 6.45) is 4.78. The Morgan fingerprint density at radius 3 is 2.55 bits per heavy atom. The first-order valence-corrected chi connectivity index (χ1v) is 13.1. The van der Waals surface area contributed by atoms with E-state index in [1.54, 1.807) is 36.8 Å². The predicted molar refractivity (Wildman–Crippen MR) is 121 cm³/mol. The summed E-state index contributed by atoms with van der Waals surface area (Å²) in [5.74, 6) is -0.805. The number of benzene rings is 1. The summed E-state index contributed by atoms with van der Waals surface area (Å²) in [6.45, 7) is 11.1. The molecule has 1 N–H and O–H groups in total. The third kappa shape index (κ3) is 5.42. The number of aromatic nitrogens is 4. The second-order valence-corrected chi connectivity index (χ2v) is 13.9. The number of nitrogens with one attached hydrogen (secondary N) is 1. The molecule has 1 unspecified atom stereocenters. The number of rotatable bonds is 7. The predicted octanol–water partition coefficient (Wildman–Crippen LogP) is 3.74. The molecule has 3 rings (SSSR count). The van der Waals surface area contributed by atoms with Gasteiger partial charge in [0.05, 0.1) is 31.6 Å². The number of imide groups is 1. The minimum absolute atomic E-state index is 0.0300. The summed E-state index contributed by atoms with van der Waals surface area (Å²) in [5.41, 5.74) is 1.70. The summed E-state index contributed by atoms with van der Waals surface area (Å²) >= 11 is 0. The maximum atomic E-state index is 12.7. The second-order valence-electron chi connectivity index (χ2n) is 9.06. The summed E-state index contributed by atoms with van der Waals surface area (Å²) < 4.78 is 8.23. The number of fused-ring (bicyclic) bond motifs is 1. The second kappa shape index (κ2) is 9.07. The van der Waals surface area contributed by atoms with E-state index in [0.29, 0.717) is 23.3 Å². The Morgan fingerprint density at radius 2 is 1.87 bits per heavy atom. The van der Waals surface area contributed by atoms with Crippen LogP contribution in [0.4, 0.5) is 0 Å². The molecule has 2 aromatic heterocycles. The van der Waals surface area contributed by atoms with Gasteiger partial charge in [-0.05, 0) is 30.3 Å². The van der Waals surface area contributed by atoms with E-state index in [-0.39, 0.29) is 23.4 Å². The zero-order valence-electron chi connectivity index (χ0n) is 18.6. The van der Waals surface area contributed by atoms with Crippen molar-refractivity contribution >= 4 is 31.3 Å². The topological polar surface area (TPSA) is 99.0 Å². The van der Waals surface area contributed by atoms with Crippen LogP contribution in [0.2, 0.25) is 18.1 Å². The fraction of sp³-hybridized carbons (Fsp3) is 0.409. The zero-order chi connectivity index (χ0) is 22.6. The van der Waals surface area contributed by atoms with Gasteiger partial charge in [-0.1, -0.05) is 39.0 Å². The average Bonchev–Trinajstić information content (AvgIpc) is 3.15. The third-order valence-corrected chi connectivity index (χ3v) is 10.3. The highest BCUT2D eigenvalue weighted by molar-refractivity contribution is 6.74. The van der Waals surface area contributed by atoms with E-state index in [2.05, 4.69) is 54.1 Å². The van der Waals surface area contributed by atoms with Crippen molar-refractivity contribution in [2.24, 2.45) is 0 Å². The summed E-state index contributed by atoms with van der Waals surface area (Å²) in [7, 11) is -2.05. The number of hydrogen-bond donors (Lipinski definition) is 1. The Hall–Kier alpha value is -2.91. The molecule has 0 fully saturated rings. The van der Waals surface area contributed by atoms with Gasteiger partial charge in [0.15, 0.2) is 14.0 Å². The summed E-state index contributed by atoms with van der Waals surface area (Å²) in [4.78, 5) is 37.8. The van der Waals surface area contributed by atoms with Crippen LogP contribution in [0, 0.1) is 0 Å². The standard InChI is InChI=1S/C22H29N5O3Si/c1-22(2,3)31(4,5)30-13-17(27-15-25-18-12-23-14-24-20(18)27)11-19(28)26-21(29)16-9-7-6-8-10-16/h6-10,12,14-15,17H,11,13H2,1-5H3,(H,26,28,29). The molecule has 0 spiro atoms. The van der Waals surface area contributed by atoms with E-state index >= 15 is 0 Å². The van der Waals surface area contributed by atoms with Crippen LogP contribution >= 0.6 is 0 Å². The fourth-order valence-corrected chi connectivity index (χ4v) is 3.91. The highest BCUT2D eigenvalue weighted by Crippen LogP contribution is 2.37. The van der Waals surface area contributed by atoms with Crippen molar-refractivity contribution < 1.29 is 14.0 Å². The van der Waals surface area contributed by atoms with Crippen LogP contribution in [-0.4, -0.2) is 46.3 Å². The normalized spacial score (nSPS) is 13.2. The van der Waals surface area contributed by atoms with Gasteiger partial charge in [0.1, 0.15) is 11.8 Å². The van der Waals surface area contributed by atoms with Crippen molar-refractivity contribution in [2.45, 2.75) is 51.4 Å². The van der Waals surface area contributed by atoms with E-state index in [9.17, 15) is 9.59 Å². The minimum Gasteiger partial charge on any atom is -0.415 e. The lowest BCUT2D eigenvalue weighted by molar-refractivity contribution is -0.121. The largest absolute Gasteiger partial charge is 0.415 e. The molecular formula is C22H29N5O3Si. The monoisotopic (exact) mass is 439 g/mol. The van der Waals surface area contributed by atoms with E-state index < -0.39 is 14.2 Å². The van der Waals surface area contributed by atoms with Gasteiger partial charge < -0.3 is 8.99 Å². The van der Waals surface area contributed by atoms with Gasteiger partial charge in [-0.15, -0.1) is 0 Å². The van der Waals surface area contributed by atoms with Crippen molar-refractivity contribution in [3.05, 3.63) is 54.7 Å². The molecule has 0 radical (unpaired) electrons. The molecule has 1 aromatic carbocycles. The van der Waals surface area contributed by atoms with Crippen molar-refractivity contribution in [3.8, 4) is 0 Å². The molecule has 3 aromatic rings. The van der Waals surface area contributed by atoms with Gasteiger partial charge in [0, 0.05) is 5.56 Å². The van der Waals surface area contributed by atoms with Crippen LogP contribution in [0.25, 0.3) is 11.2 Å². The van der Waals surface area contributed by atoms with E-state index in [1.165, 1.54) is 6.33 Å². The Labute approximate surface area is 183 Å². The smallest absolute Gasteiger partial charge is 0.257 e. The van der Waals surface area contributed by atoms with Gasteiger partial charge >= 0.3 is 0 Å². The Kier molecular flexibility index (Phi) is 6.66. The van der Waals surface area contributed by atoms with E-state index in [0.717, 1.165) is 0 Å². The van der Waals surface area contributed by atoms with Crippen molar-refractivity contribution in [2.75, 3.05) is 6.61 Å². The van der Waals surface area contributed by atoms with Gasteiger partial charge in [-0.3, -0.25) is 14.9 Å². The molecule has 9 heteroatoms. The minimum atomic E-state index is -2.05. The maximum Gasteiger partial charge on any atom is 0.257 e. The van der Waals surface area contributed by atoms with Gasteiger partial charge in [0.25, 0.3) is 5.91 Å². The molecule has 2 heterocycles. The molecule has 164 valence electrons. The lowest BCUT2D eigenvalue weighted by Gasteiger charge is -2.37. The lowest BCUT2D eigenvalue weighted by Crippen LogP contribution is -2.42. The van der Waals surface area contributed by atoms with Crippen molar-refractivity contribution in [1.82, 2.24) is 24.8 Å². The van der Waals surface area contributed by atoms with Gasteiger partial charge in [-0.2, -0.15) is 0 Å². The van der Waals surface area contributed by atoms with E-state index in [1.807, 2.05) is 10.6 Å². The van der Waals surface area contributed by atoms with Gasteiger partial charge in [-0.25, -0.2) is 15.0 Å². The number of nitrogens with zero attached hydrogens (tertiary/aromatic N) is 4. The number of carbonyl (C=O) groups is 2. The third-order valence-electron chi connectivity index (χ3n) is 5.78. The van der Waals surface area contributed by atoms with E-state index in [4.69, 9.17) is 4.43 Å². The highest BCUT2D eigenvalue weighted by Gasteiger charge is 2.38. The molecular weight excluding hydrogens is 410 g/mol. The summed E-state index contributed by atoms with van der Waals surface area (Å²) in [5, 5.41) is 2.51. The molecule has 0 aliphatic carbocycles. The first-order chi connectivity index (χ1) is 14.6. The van der Waals surface area contributed by atoms with Crippen molar-refractivity contribution in [3.63, 3.8) is 0 Å². The number of imidazole rings is 1. The fourth-order valence-electron chi connectivity index (χ4n) is 2.86. The zero-order valence-corrected chi connectivity index (χ0v) is 19.6. The van der Waals surface area contributed by atoms with Crippen LogP contribution < -0.4 is 5.32 Å². The lowest BCUT2D eigenvalue weighted by atomic mass is 10.2. The molecule has 0 aliphatic heterocycles. The van der Waals surface area contributed by atoms with Crippen LogP contribution in [0.1, 0.15) is 43.6 Å². The summed E-state index contributed by atoms with van der Waals surface area (Å²) in [6, 6.07) is 8.30. The van der Waals surface area contributed by atoms with Crippen LogP contribution in [0.15, 0.2) is 49.2 Å². The van der Waals surface area contributed by atoms with Crippen LogP contribution in [-0.2, 0) is 9.22 Å². The Balaban J connectivity index is 1.80. The average molecular weight is 440 g/mol. The quantitative estimate of drug-likeness (QED) is 0.563. The molecule has 1 atom stereocenters. The molecule has 0 saturated heterocycles. The van der Waals surface area contributed by atoms with Crippen LogP contribution in [0.5, 0.6) is 0 Å². The van der Waals surface area contributed by atoms with Gasteiger partial charge in [0.2, 0.25) is 5.91 Å². The van der Waals surface area contributed by atoms with Crippen molar-refractivity contribution in [1.29, 1.82) is 0 Å². The maximum absolute atomic E-state index is 12.7. The first-order valence-electron chi connectivity index (χ1n) is 10.2. The SMILES string of the molecule is CC(C)(C)[Si](C)(C)OCC(CC(=O)NC(=O)c1ccccc1)n1cnc2cncnc21. The highest BCUT2D eigenvalue weighted by atomic mass is 28.4. The number of amides is 2. The number of hydrogen-bond acceptors (Lipinski definition) is 6. The molecule has 31 heavy (non-hydrogen) atoms. The molecule has 8 nitrogen and oxygen atoms in total. The first kappa shape index (κ1) is 22.8. The molecule has 2 amide bonds. The molecule has 0 bridgehead atoms. The Bertz CT molecular complexity index is 1060. The molecule has 0 saturated carbocycles. The van der Waals surface area contributed by atoms with Crippen LogP contribution in [0.3, 0.4) is 0 Å². The number of carbonyl (C=O) groups excluding carboxylic acids is 2. The Morgan fingerprint density at radius 1 is 1.16 bits per heavy atom.